The second kappa shape index (κ2) is 8.45. The van der Waals surface area contributed by atoms with E-state index in [4.69, 9.17) is 11.6 Å². The SMILES string of the molecule is Cc1cccc(NC(=O)c2cc(S(=O)(=O)N(C)c3ccc(F)cc3)ccc2Cl)c1C. The number of anilines is 2. The lowest BCUT2D eigenvalue weighted by atomic mass is 10.1. The van der Waals surface area contributed by atoms with Gasteiger partial charge in [0.25, 0.3) is 15.9 Å². The van der Waals surface area contributed by atoms with Gasteiger partial charge in [0.15, 0.2) is 0 Å². The standard InChI is InChI=1S/C22H20ClFN2O3S/c1-14-5-4-6-21(15(14)2)25-22(27)19-13-18(11-12-20(19)23)30(28,29)26(3)17-9-7-16(24)8-10-17/h4-13H,1-3H3,(H,25,27). The summed E-state index contributed by atoms with van der Waals surface area (Å²) in [5.41, 5.74) is 2.85. The fourth-order valence-corrected chi connectivity index (χ4v) is 4.29. The lowest BCUT2D eigenvalue weighted by Gasteiger charge is -2.20. The van der Waals surface area contributed by atoms with Crippen molar-refractivity contribution in [3.63, 3.8) is 0 Å². The molecular formula is C22H20ClFN2O3S. The Labute approximate surface area is 180 Å². The molecule has 0 bridgehead atoms. The highest BCUT2D eigenvalue weighted by molar-refractivity contribution is 7.92. The number of carbonyl (C=O) groups is 1. The lowest BCUT2D eigenvalue weighted by Crippen LogP contribution is -2.27. The number of rotatable bonds is 5. The van der Waals surface area contributed by atoms with Gasteiger partial charge in [-0.15, -0.1) is 0 Å². The van der Waals surface area contributed by atoms with Crippen LogP contribution in [0.15, 0.2) is 65.6 Å². The molecule has 3 aromatic rings. The summed E-state index contributed by atoms with van der Waals surface area (Å²) in [5.74, 6) is -0.989. The van der Waals surface area contributed by atoms with E-state index >= 15 is 0 Å². The number of halogens is 2. The third kappa shape index (κ3) is 4.32. The van der Waals surface area contributed by atoms with Gasteiger partial charge in [-0.05, 0) is 73.5 Å². The van der Waals surface area contributed by atoms with Crippen LogP contribution in [-0.2, 0) is 10.0 Å². The Balaban J connectivity index is 1.95. The number of benzene rings is 3. The molecule has 0 aliphatic rings. The van der Waals surface area contributed by atoms with Crippen molar-refractivity contribution in [1.29, 1.82) is 0 Å². The quantitative estimate of drug-likeness (QED) is 0.587. The zero-order valence-electron chi connectivity index (χ0n) is 16.6. The number of hydrogen-bond acceptors (Lipinski definition) is 3. The summed E-state index contributed by atoms with van der Waals surface area (Å²) in [6.45, 7) is 3.81. The molecule has 5 nitrogen and oxygen atoms in total. The Kier molecular flexibility index (Phi) is 6.14. The van der Waals surface area contributed by atoms with Crippen LogP contribution in [0.1, 0.15) is 21.5 Å². The van der Waals surface area contributed by atoms with Gasteiger partial charge in [-0.3, -0.25) is 9.10 Å². The van der Waals surface area contributed by atoms with E-state index in [1.54, 1.807) is 6.07 Å². The Morgan fingerprint density at radius 2 is 1.70 bits per heavy atom. The van der Waals surface area contributed by atoms with Crippen LogP contribution in [0, 0.1) is 19.7 Å². The minimum atomic E-state index is -3.99. The molecule has 1 amide bonds. The predicted octanol–water partition coefficient (Wildman–Crippen LogP) is 5.17. The van der Waals surface area contributed by atoms with Crippen LogP contribution >= 0.6 is 11.6 Å². The summed E-state index contributed by atoms with van der Waals surface area (Å²) in [4.78, 5) is 12.7. The molecule has 0 fully saturated rings. The molecule has 0 spiro atoms. The van der Waals surface area contributed by atoms with Crippen molar-refractivity contribution >= 4 is 38.9 Å². The molecule has 0 aliphatic carbocycles. The Morgan fingerprint density at radius 1 is 1.03 bits per heavy atom. The van der Waals surface area contributed by atoms with Gasteiger partial charge in [-0.1, -0.05) is 23.7 Å². The first-order valence-electron chi connectivity index (χ1n) is 9.03. The van der Waals surface area contributed by atoms with Gasteiger partial charge in [0.05, 0.1) is 21.2 Å². The molecule has 0 aliphatic heterocycles. The normalized spacial score (nSPS) is 11.2. The topological polar surface area (TPSA) is 66.5 Å². The molecular weight excluding hydrogens is 427 g/mol. The van der Waals surface area contributed by atoms with Crippen LogP contribution in [0.3, 0.4) is 0 Å². The number of aryl methyl sites for hydroxylation is 1. The monoisotopic (exact) mass is 446 g/mol. The van der Waals surface area contributed by atoms with Gasteiger partial charge in [0.1, 0.15) is 5.82 Å². The molecule has 156 valence electrons. The third-order valence-electron chi connectivity index (χ3n) is 4.88. The van der Waals surface area contributed by atoms with Crippen LogP contribution in [0.25, 0.3) is 0 Å². The van der Waals surface area contributed by atoms with Gasteiger partial charge in [0, 0.05) is 12.7 Å². The van der Waals surface area contributed by atoms with Crippen LogP contribution in [0.2, 0.25) is 5.02 Å². The summed E-state index contributed by atoms with van der Waals surface area (Å²) in [6, 6.07) is 14.5. The number of carbonyl (C=O) groups excluding carboxylic acids is 1. The summed E-state index contributed by atoms with van der Waals surface area (Å²) in [7, 11) is -2.64. The molecule has 3 rings (SSSR count). The fourth-order valence-electron chi connectivity index (χ4n) is 2.86. The lowest BCUT2D eigenvalue weighted by molar-refractivity contribution is 0.102. The number of hydrogen-bond donors (Lipinski definition) is 1. The summed E-state index contributed by atoms with van der Waals surface area (Å²) in [6.07, 6.45) is 0. The van der Waals surface area contributed by atoms with E-state index in [0.717, 1.165) is 15.4 Å². The number of nitrogens with zero attached hydrogens (tertiary/aromatic N) is 1. The molecule has 1 N–H and O–H groups in total. The van der Waals surface area contributed by atoms with E-state index < -0.39 is 21.7 Å². The van der Waals surface area contributed by atoms with Crippen LogP contribution < -0.4 is 9.62 Å². The Bertz CT molecular complexity index is 1210. The highest BCUT2D eigenvalue weighted by Crippen LogP contribution is 2.27. The summed E-state index contributed by atoms with van der Waals surface area (Å²) < 4.78 is 40.2. The summed E-state index contributed by atoms with van der Waals surface area (Å²) >= 11 is 6.18. The average molecular weight is 447 g/mol. The van der Waals surface area contributed by atoms with E-state index in [1.807, 2.05) is 26.0 Å². The van der Waals surface area contributed by atoms with Crippen molar-refractivity contribution < 1.29 is 17.6 Å². The highest BCUT2D eigenvalue weighted by atomic mass is 35.5. The molecule has 0 unspecified atom stereocenters. The molecule has 3 aromatic carbocycles. The Morgan fingerprint density at radius 3 is 2.37 bits per heavy atom. The van der Waals surface area contributed by atoms with Crippen molar-refractivity contribution in [3.8, 4) is 0 Å². The van der Waals surface area contributed by atoms with Crippen molar-refractivity contribution in [2.45, 2.75) is 18.7 Å². The molecule has 0 atom stereocenters. The zero-order valence-corrected chi connectivity index (χ0v) is 18.2. The van der Waals surface area contributed by atoms with Crippen molar-refractivity contribution in [1.82, 2.24) is 0 Å². The maximum absolute atomic E-state index is 13.2. The zero-order chi connectivity index (χ0) is 22.1. The van der Waals surface area contributed by atoms with E-state index in [9.17, 15) is 17.6 Å². The average Bonchev–Trinajstić information content (AvgIpc) is 2.71. The van der Waals surface area contributed by atoms with Gasteiger partial charge in [-0.25, -0.2) is 12.8 Å². The molecule has 8 heteroatoms. The first kappa shape index (κ1) is 21.8. The van der Waals surface area contributed by atoms with Gasteiger partial charge in [-0.2, -0.15) is 0 Å². The van der Waals surface area contributed by atoms with Gasteiger partial charge in [0.2, 0.25) is 0 Å². The first-order chi connectivity index (χ1) is 14.1. The smallest absolute Gasteiger partial charge is 0.264 e. The molecule has 0 radical (unpaired) electrons. The van der Waals surface area contributed by atoms with Crippen molar-refractivity contribution in [2.75, 3.05) is 16.7 Å². The van der Waals surface area contributed by atoms with Crippen molar-refractivity contribution in [2.24, 2.45) is 0 Å². The molecule has 0 heterocycles. The van der Waals surface area contributed by atoms with E-state index in [-0.39, 0.29) is 21.2 Å². The second-order valence-electron chi connectivity index (χ2n) is 6.79. The van der Waals surface area contributed by atoms with Crippen LogP contribution in [0.4, 0.5) is 15.8 Å². The van der Waals surface area contributed by atoms with Gasteiger partial charge < -0.3 is 5.32 Å². The minimum Gasteiger partial charge on any atom is -0.322 e. The molecule has 0 saturated carbocycles. The predicted molar refractivity (Wildman–Crippen MR) is 117 cm³/mol. The maximum atomic E-state index is 13.2. The van der Waals surface area contributed by atoms with Crippen molar-refractivity contribution in [3.05, 3.63) is 88.2 Å². The Hall–Kier alpha value is -2.90. The molecule has 0 aromatic heterocycles. The van der Waals surface area contributed by atoms with E-state index in [2.05, 4.69) is 5.32 Å². The summed E-state index contributed by atoms with van der Waals surface area (Å²) in [5, 5.41) is 2.91. The van der Waals surface area contributed by atoms with Crippen LogP contribution in [0.5, 0.6) is 0 Å². The second-order valence-corrected chi connectivity index (χ2v) is 9.17. The van der Waals surface area contributed by atoms with Crippen LogP contribution in [-0.4, -0.2) is 21.4 Å². The van der Waals surface area contributed by atoms with E-state index in [0.29, 0.717) is 5.69 Å². The molecule has 0 saturated heterocycles. The van der Waals surface area contributed by atoms with E-state index in [1.165, 1.54) is 49.5 Å². The number of sulfonamides is 1. The largest absolute Gasteiger partial charge is 0.322 e. The minimum absolute atomic E-state index is 0.0335. The highest BCUT2D eigenvalue weighted by Gasteiger charge is 2.24. The number of nitrogens with one attached hydrogen (secondary N) is 1. The third-order valence-corrected chi connectivity index (χ3v) is 7.00. The first-order valence-corrected chi connectivity index (χ1v) is 10.8. The maximum Gasteiger partial charge on any atom is 0.264 e. The number of amides is 1. The molecule has 30 heavy (non-hydrogen) atoms. The fraction of sp³-hybridized carbons (Fsp3) is 0.136. The van der Waals surface area contributed by atoms with Gasteiger partial charge >= 0.3 is 0 Å².